The molecule has 0 amide bonds. The van der Waals surface area contributed by atoms with Gasteiger partial charge in [-0.1, -0.05) is 65.9 Å². The summed E-state index contributed by atoms with van der Waals surface area (Å²) in [5, 5.41) is 16.6. The molecule has 0 saturated carbocycles. The van der Waals surface area contributed by atoms with E-state index in [9.17, 15) is 5.11 Å². The molecule has 1 aromatic heterocycles. The average Bonchev–Trinajstić information content (AvgIpc) is 3.26. The van der Waals surface area contributed by atoms with E-state index < -0.39 is 0 Å². The molecule has 0 aliphatic carbocycles. The predicted molar refractivity (Wildman–Crippen MR) is 113 cm³/mol. The van der Waals surface area contributed by atoms with Gasteiger partial charge in [0.2, 0.25) is 5.88 Å². The normalized spacial score (nSPS) is 14.0. The Bertz CT molecular complexity index is 1220. The highest BCUT2D eigenvalue weighted by atomic mass is 32.1. The number of rotatable bonds is 3. The van der Waals surface area contributed by atoms with Crippen LogP contribution in [-0.2, 0) is 0 Å². The maximum Gasteiger partial charge on any atom is 0.231 e. The number of aromatic nitrogens is 1. The highest BCUT2D eigenvalue weighted by Crippen LogP contribution is 2.37. The minimum absolute atomic E-state index is 0.0213. The fourth-order valence-corrected chi connectivity index (χ4v) is 4.04. The van der Waals surface area contributed by atoms with E-state index in [1.165, 1.54) is 11.3 Å². The Morgan fingerprint density at radius 1 is 0.926 bits per heavy atom. The molecule has 0 saturated heterocycles. The summed E-state index contributed by atoms with van der Waals surface area (Å²) in [4.78, 5) is 9.40. The Labute approximate surface area is 160 Å². The van der Waals surface area contributed by atoms with Crippen molar-refractivity contribution in [1.82, 2.24) is 4.98 Å². The van der Waals surface area contributed by atoms with Crippen molar-refractivity contribution in [1.29, 1.82) is 0 Å². The van der Waals surface area contributed by atoms with Gasteiger partial charge in [-0.2, -0.15) is 4.98 Å². The van der Waals surface area contributed by atoms with Crippen LogP contribution in [0.2, 0.25) is 0 Å². The minimum Gasteiger partial charge on any atom is -0.492 e. The van der Waals surface area contributed by atoms with Crippen LogP contribution in [0.15, 0.2) is 71.7 Å². The van der Waals surface area contributed by atoms with Crippen molar-refractivity contribution in [2.24, 2.45) is 4.99 Å². The smallest absolute Gasteiger partial charge is 0.231 e. The molecule has 4 aromatic rings. The number of nitrogens with one attached hydrogen (secondary N) is 1. The van der Waals surface area contributed by atoms with E-state index in [0.29, 0.717) is 10.0 Å². The SMILES string of the molecule is Oc1nc(Nc2cccc3ccccc23)sc1C=C1C=Nc2ccccc21. The number of para-hydroxylation sites is 1. The Balaban J connectivity index is 1.49. The number of aliphatic imine (C=N–C) groups is 1. The minimum atomic E-state index is 0.0213. The molecule has 0 unspecified atom stereocenters. The van der Waals surface area contributed by atoms with Crippen LogP contribution in [0, 0.1) is 0 Å². The van der Waals surface area contributed by atoms with Gasteiger partial charge in [0.25, 0.3) is 0 Å². The highest BCUT2D eigenvalue weighted by Gasteiger charge is 2.15. The second-order valence-corrected chi connectivity index (χ2v) is 7.26. The summed E-state index contributed by atoms with van der Waals surface area (Å²) in [5.74, 6) is 0.0213. The fraction of sp³-hybridized carbons (Fsp3) is 0. The molecule has 1 aliphatic heterocycles. The van der Waals surface area contributed by atoms with Gasteiger partial charge in [-0.3, -0.25) is 4.99 Å². The maximum atomic E-state index is 10.3. The van der Waals surface area contributed by atoms with Gasteiger partial charge in [0, 0.05) is 28.4 Å². The van der Waals surface area contributed by atoms with Crippen LogP contribution in [0.25, 0.3) is 22.4 Å². The van der Waals surface area contributed by atoms with Crippen molar-refractivity contribution in [3.05, 3.63) is 77.2 Å². The highest BCUT2D eigenvalue weighted by molar-refractivity contribution is 7.16. The maximum absolute atomic E-state index is 10.3. The second-order valence-electron chi connectivity index (χ2n) is 6.23. The summed E-state index contributed by atoms with van der Waals surface area (Å²) < 4.78 is 0. The van der Waals surface area contributed by atoms with Crippen LogP contribution in [0.1, 0.15) is 10.4 Å². The molecular formula is C22H15N3OS. The average molecular weight is 369 g/mol. The first-order valence-corrected chi connectivity index (χ1v) is 9.39. The van der Waals surface area contributed by atoms with Gasteiger partial charge in [0.15, 0.2) is 5.13 Å². The first-order chi connectivity index (χ1) is 13.3. The molecule has 0 atom stereocenters. The molecule has 0 fully saturated rings. The standard InChI is InChI=1S/C22H15N3OS/c26-21-20(12-15-13-23-18-10-4-3-9-17(15)18)27-22(25-21)24-19-11-5-7-14-6-1-2-8-16(14)19/h1-13,26H,(H,24,25). The number of aromatic hydroxyl groups is 1. The van der Waals surface area contributed by atoms with Crippen LogP contribution in [0.5, 0.6) is 5.88 Å². The Kier molecular flexibility index (Phi) is 3.73. The van der Waals surface area contributed by atoms with Gasteiger partial charge in [-0.15, -0.1) is 0 Å². The van der Waals surface area contributed by atoms with Crippen LogP contribution in [-0.4, -0.2) is 16.3 Å². The lowest BCUT2D eigenvalue weighted by atomic mass is 10.1. The van der Waals surface area contributed by atoms with Gasteiger partial charge < -0.3 is 10.4 Å². The number of hydrogen-bond acceptors (Lipinski definition) is 5. The lowest BCUT2D eigenvalue weighted by molar-refractivity contribution is 0.457. The molecule has 5 rings (SSSR count). The zero-order valence-electron chi connectivity index (χ0n) is 14.3. The van der Waals surface area contributed by atoms with Crippen LogP contribution < -0.4 is 5.32 Å². The zero-order chi connectivity index (χ0) is 18.2. The van der Waals surface area contributed by atoms with Crippen LogP contribution in [0.4, 0.5) is 16.5 Å². The Hall–Kier alpha value is -3.44. The topological polar surface area (TPSA) is 57.5 Å². The first-order valence-electron chi connectivity index (χ1n) is 8.58. The van der Waals surface area contributed by atoms with E-state index >= 15 is 0 Å². The van der Waals surface area contributed by atoms with Gasteiger partial charge >= 0.3 is 0 Å². The van der Waals surface area contributed by atoms with Gasteiger partial charge in [-0.25, -0.2) is 0 Å². The van der Waals surface area contributed by atoms with Crippen LogP contribution in [0.3, 0.4) is 0 Å². The van der Waals surface area contributed by atoms with Crippen molar-refractivity contribution < 1.29 is 5.11 Å². The number of benzene rings is 3. The Morgan fingerprint density at radius 2 is 1.74 bits per heavy atom. The molecule has 3 aromatic carbocycles. The number of nitrogens with zero attached hydrogens (tertiary/aromatic N) is 2. The largest absolute Gasteiger partial charge is 0.492 e. The monoisotopic (exact) mass is 369 g/mol. The molecular weight excluding hydrogens is 354 g/mol. The molecule has 5 heteroatoms. The number of anilines is 2. The van der Waals surface area contributed by atoms with Crippen molar-refractivity contribution >= 4 is 56.5 Å². The van der Waals surface area contributed by atoms with E-state index in [1.807, 2.05) is 60.8 Å². The third-order valence-electron chi connectivity index (χ3n) is 4.51. The molecule has 4 nitrogen and oxygen atoms in total. The van der Waals surface area contributed by atoms with E-state index in [4.69, 9.17) is 0 Å². The molecule has 2 heterocycles. The molecule has 0 spiro atoms. The quantitative estimate of drug-likeness (QED) is 0.465. The Morgan fingerprint density at radius 3 is 2.70 bits per heavy atom. The third kappa shape index (κ3) is 2.88. The molecule has 27 heavy (non-hydrogen) atoms. The molecule has 0 bridgehead atoms. The lowest BCUT2D eigenvalue weighted by Crippen LogP contribution is -1.90. The van der Waals surface area contributed by atoms with Crippen molar-refractivity contribution in [2.75, 3.05) is 5.32 Å². The van der Waals surface area contributed by atoms with Crippen molar-refractivity contribution in [3.8, 4) is 5.88 Å². The number of thiazole rings is 1. The summed E-state index contributed by atoms with van der Waals surface area (Å²) in [6.45, 7) is 0. The van der Waals surface area contributed by atoms with E-state index in [1.54, 1.807) is 0 Å². The fourth-order valence-electron chi connectivity index (χ4n) is 3.22. The van der Waals surface area contributed by atoms with Gasteiger partial charge in [0.1, 0.15) is 0 Å². The molecule has 1 aliphatic rings. The van der Waals surface area contributed by atoms with E-state index in [-0.39, 0.29) is 5.88 Å². The van der Waals surface area contributed by atoms with Crippen LogP contribution >= 0.6 is 11.3 Å². The molecule has 0 radical (unpaired) electrons. The van der Waals surface area contributed by atoms with Crippen molar-refractivity contribution in [2.45, 2.75) is 0 Å². The van der Waals surface area contributed by atoms with E-state index in [2.05, 4.69) is 33.5 Å². The second kappa shape index (κ2) is 6.37. The van der Waals surface area contributed by atoms with Crippen molar-refractivity contribution in [3.63, 3.8) is 0 Å². The summed E-state index contributed by atoms with van der Waals surface area (Å²) in [5.41, 5.74) is 3.95. The summed E-state index contributed by atoms with van der Waals surface area (Å²) in [7, 11) is 0. The number of allylic oxidation sites excluding steroid dienone is 1. The first kappa shape index (κ1) is 15.8. The van der Waals surface area contributed by atoms with Gasteiger partial charge in [0.05, 0.1) is 10.6 Å². The zero-order valence-corrected chi connectivity index (χ0v) is 15.1. The van der Waals surface area contributed by atoms with E-state index in [0.717, 1.165) is 33.3 Å². The number of fused-ring (bicyclic) bond motifs is 2. The van der Waals surface area contributed by atoms with Gasteiger partial charge in [-0.05, 0) is 23.6 Å². The summed E-state index contributed by atoms with van der Waals surface area (Å²) in [6.07, 6.45) is 3.75. The lowest BCUT2D eigenvalue weighted by Gasteiger charge is -2.06. The summed E-state index contributed by atoms with van der Waals surface area (Å²) >= 11 is 1.41. The molecule has 2 N–H and O–H groups in total. The third-order valence-corrected chi connectivity index (χ3v) is 5.42. The predicted octanol–water partition coefficient (Wildman–Crippen LogP) is 6.00. The summed E-state index contributed by atoms with van der Waals surface area (Å²) in [6, 6.07) is 22.2. The molecule has 130 valence electrons. The number of hydrogen-bond donors (Lipinski definition) is 2.